The Morgan fingerprint density at radius 2 is 2.17 bits per heavy atom. The van der Waals surface area contributed by atoms with Crippen LogP contribution in [0.1, 0.15) is 5.56 Å². The molecule has 2 aliphatic heterocycles. The summed E-state index contributed by atoms with van der Waals surface area (Å²) in [5, 5.41) is 3.43. The second-order valence-electron chi connectivity index (χ2n) is 5.25. The summed E-state index contributed by atoms with van der Waals surface area (Å²) in [4.78, 5) is 18.9. The van der Waals surface area contributed by atoms with Crippen LogP contribution < -0.4 is 15.5 Å². The molecule has 0 aliphatic carbocycles. The summed E-state index contributed by atoms with van der Waals surface area (Å²) in [5.74, 6) is -3.93. The van der Waals surface area contributed by atoms with Gasteiger partial charge in [-0.3, -0.25) is 4.90 Å². The quantitative estimate of drug-likeness (QED) is 0.851. The van der Waals surface area contributed by atoms with Crippen molar-refractivity contribution in [2.45, 2.75) is 12.0 Å². The highest BCUT2D eigenvalue weighted by atomic mass is 19.3. The molecule has 0 unspecified atom stereocenters. The van der Waals surface area contributed by atoms with E-state index in [0.29, 0.717) is 0 Å². The number of likely N-dealkylation sites (N-methyl/N-ethyl adjacent to an activating group) is 1. The minimum absolute atomic E-state index is 0.0848. The van der Waals surface area contributed by atoms with Gasteiger partial charge in [-0.15, -0.1) is 0 Å². The van der Waals surface area contributed by atoms with Crippen LogP contribution in [0.2, 0.25) is 0 Å². The zero-order valence-electron chi connectivity index (χ0n) is 12.6. The van der Waals surface area contributed by atoms with Crippen LogP contribution in [-0.2, 0) is 15.5 Å². The van der Waals surface area contributed by atoms with Gasteiger partial charge in [0.05, 0.1) is 23.5 Å². The monoisotopic (exact) mass is 326 g/mol. The summed E-state index contributed by atoms with van der Waals surface area (Å²) in [7, 11) is 2.66. The summed E-state index contributed by atoms with van der Waals surface area (Å²) in [6, 6.07) is 4.59. The molecule has 0 bridgehead atoms. The molecular formula is C14H16F2N4O3. The summed E-state index contributed by atoms with van der Waals surface area (Å²) < 4.78 is 34.7. The average molecular weight is 326 g/mol. The third kappa shape index (κ3) is 2.19. The normalized spacial score (nSPS) is 24.1. The highest BCUT2D eigenvalue weighted by Crippen LogP contribution is 2.49. The third-order valence-electron chi connectivity index (χ3n) is 3.90. The molecule has 23 heavy (non-hydrogen) atoms. The lowest BCUT2D eigenvalue weighted by Gasteiger charge is -2.19. The number of hydrogen-bond donors (Lipinski definition) is 1. The van der Waals surface area contributed by atoms with Gasteiger partial charge in [-0.2, -0.15) is 8.78 Å². The smallest absolute Gasteiger partial charge is 0.414 e. The van der Waals surface area contributed by atoms with Crippen molar-refractivity contribution in [1.82, 2.24) is 0 Å². The number of alkyl halides is 2. The van der Waals surface area contributed by atoms with E-state index >= 15 is 0 Å². The Bertz CT molecular complexity index is 680. The van der Waals surface area contributed by atoms with E-state index in [0.717, 1.165) is 0 Å². The van der Waals surface area contributed by atoms with Crippen LogP contribution in [0, 0.1) is 0 Å². The number of carbonyl (C=O) groups is 1. The fourth-order valence-corrected chi connectivity index (χ4v) is 2.84. The molecule has 0 aromatic heterocycles. The number of nitrogens with two attached hydrogens (primary N) is 1. The minimum atomic E-state index is -3.39. The number of oxime groups is 1. The van der Waals surface area contributed by atoms with E-state index < -0.39 is 24.0 Å². The predicted octanol–water partition coefficient (Wildman–Crippen LogP) is 1.47. The van der Waals surface area contributed by atoms with Crippen molar-refractivity contribution >= 4 is 23.3 Å². The zero-order valence-corrected chi connectivity index (χ0v) is 12.6. The number of ether oxygens (including phenoxy) is 1. The van der Waals surface area contributed by atoms with E-state index in [9.17, 15) is 13.6 Å². The fraction of sp³-hybridized carbons (Fsp3) is 0.429. The highest BCUT2D eigenvalue weighted by molar-refractivity contribution is 6.11. The molecule has 0 spiro atoms. The van der Waals surface area contributed by atoms with E-state index in [2.05, 4.69) is 9.99 Å². The first-order valence-electron chi connectivity index (χ1n) is 6.96. The number of benzene rings is 1. The maximum Gasteiger partial charge on any atom is 0.414 e. The first-order chi connectivity index (χ1) is 10.9. The molecule has 2 N–H and O–H groups in total. The van der Waals surface area contributed by atoms with Gasteiger partial charge in [0, 0.05) is 13.6 Å². The maximum atomic E-state index is 14.8. The minimum Gasteiger partial charge on any atom is -0.443 e. The molecule has 0 radical (unpaired) electrons. The number of amides is 1. The maximum absolute atomic E-state index is 14.8. The van der Waals surface area contributed by atoms with Gasteiger partial charge in [0.25, 0.3) is 0 Å². The average Bonchev–Trinajstić information content (AvgIpc) is 2.99. The van der Waals surface area contributed by atoms with Crippen molar-refractivity contribution in [2.75, 3.05) is 37.0 Å². The Morgan fingerprint density at radius 1 is 1.48 bits per heavy atom. The van der Waals surface area contributed by atoms with Crippen LogP contribution in [-0.4, -0.2) is 45.3 Å². The van der Waals surface area contributed by atoms with Crippen LogP contribution >= 0.6 is 0 Å². The van der Waals surface area contributed by atoms with Gasteiger partial charge in [-0.1, -0.05) is 11.2 Å². The number of fused-ring (bicyclic) bond motifs is 1. The van der Waals surface area contributed by atoms with Crippen molar-refractivity contribution in [3.05, 3.63) is 23.8 Å². The number of cyclic esters (lactones) is 1. The van der Waals surface area contributed by atoms with Crippen LogP contribution in [0.15, 0.2) is 23.4 Å². The zero-order chi connectivity index (χ0) is 16.8. The Morgan fingerprint density at radius 3 is 2.78 bits per heavy atom. The number of halogens is 2. The Labute approximate surface area is 131 Å². The Kier molecular flexibility index (Phi) is 3.59. The molecule has 3 rings (SSSR count). The number of nitrogens with zero attached hydrogens (tertiary/aromatic N) is 3. The Balaban J connectivity index is 2.12. The molecule has 1 saturated heterocycles. The molecule has 2 heterocycles. The van der Waals surface area contributed by atoms with Gasteiger partial charge in [-0.05, 0) is 12.1 Å². The molecular weight excluding hydrogens is 310 g/mol. The van der Waals surface area contributed by atoms with Crippen LogP contribution in [0.3, 0.4) is 0 Å². The van der Waals surface area contributed by atoms with Gasteiger partial charge >= 0.3 is 12.0 Å². The largest absolute Gasteiger partial charge is 0.443 e. The van der Waals surface area contributed by atoms with E-state index in [1.807, 2.05) is 0 Å². The van der Waals surface area contributed by atoms with Crippen LogP contribution in [0.5, 0.6) is 0 Å². The summed E-state index contributed by atoms with van der Waals surface area (Å²) in [6.07, 6.45) is -1.21. The molecule has 0 saturated carbocycles. The van der Waals surface area contributed by atoms with Crippen molar-refractivity contribution < 1.29 is 23.1 Å². The second-order valence-corrected chi connectivity index (χ2v) is 5.25. The molecule has 1 fully saturated rings. The summed E-state index contributed by atoms with van der Waals surface area (Å²) in [6.45, 7) is 0.256. The molecule has 9 heteroatoms. The van der Waals surface area contributed by atoms with Crippen LogP contribution in [0.4, 0.5) is 25.0 Å². The van der Waals surface area contributed by atoms with E-state index in [-0.39, 0.29) is 30.0 Å². The second kappa shape index (κ2) is 5.34. The van der Waals surface area contributed by atoms with Crippen molar-refractivity contribution in [3.63, 3.8) is 0 Å². The first kappa shape index (κ1) is 15.5. The van der Waals surface area contributed by atoms with Gasteiger partial charge in [0.1, 0.15) is 13.2 Å². The Hall–Kier alpha value is -2.42. The van der Waals surface area contributed by atoms with Crippen molar-refractivity contribution in [2.24, 2.45) is 10.9 Å². The number of hydrogen-bond acceptors (Lipinski definition) is 5. The van der Waals surface area contributed by atoms with Gasteiger partial charge in [-0.25, -0.2) is 4.79 Å². The summed E-state index contributed by atoms with van der Waals surface area (Å²) >= 11 is 0. The molecule has 2 aliphatic rings. The fourth-order valence-electron chi connectivity index (χ4n) is 2.84. The van der Waals surface area contributed by atoms with Gasteiger partial charge < -0.3 is 20.2 Å². The number of amidine groups is 1. The molecule has 124 valence electrons. The van der Waals surface area contributed by atoms with E-state index in [1.165, 1.54) is 36.1 Å². The topological polar surface area (TPSA) is 80.4 Å². The number of rotatable bonds is 3. The van der Waals surface area contributed by atoms with Crippen LogP contribution in [0.25, 0.3) is 0 Å². The molecule has 1 aromatic rings. The lowest BCUT2D eigenvalue weighted by Crippen LogP contribution is -2.33. The van der Waals surface area contributed by atoms with Crippen molar-refractivity contribution in [1.29, 1.82) is 0 Å². The number of carbonyl (C=O) groups excluding carboxylic acids is 1. The van der Waals surface area contributed by atoms with E-state index in [4.69, 9.17) is 10.5 Å². The predicted molar refractivity (Wildman–Crippen MR) is 79.9 cm³/mol. The van der Waals surface area contributed by atoms with Gasteiger partial charge in [0.2, 0.25) is 5.84 Å². The van der Waals surface area contributed by atoms with E-state index in [1.54, 1.807) is 6.07 Å². The van der Waals surface area contributed by atoms with Gasteiger partial charge in [0.15, 0.2) is 0 Å². The highest BCUT2D eigenvalue weighted by Gasteiger charge is 2.53. The molecule has 1 aromatic carbocycles. The number of anilines is 2. The lowest BCUT2D eigenvalue weighted by atomic mass is 10.1. The summed E-state index contributed by atoms with van der Waals surface area (Å²) in [5.41, 5.74) is 5.53. The first-order valence-corrected chi connectivity index (χ1v) is 6.96. The molecule has 1 atom stereocenters. The third-order valence-corrected chi connectivity index (χ3v) is 3.90. The standard InChI is InChI=1S/C14H16F2N4O3/c1-19-9-4-3-5-10(20-7-8(6-17)23-13(20)21)11(9)14(15,16)12(19)18-22-2/h3-5,8H,6-7,17H2,1-2H3/t8-/m1/s1. The molecule has 1 amide bonds. The lowest BCUT2D eigenvalue weighted by molar-refractivity contribution is 0.0733. The SMILES string of the molecule is CON=C1N(C)c2cccc(N3C[C@@H](CN)OC3=O)c2C1(F)F. The molecule has 7 nitrogen and oxygen atoms in total. The van der Waals surface area contributed by atoms with Crippen molar-refractivity contribution in [3.8, 4) is 0 Å².